The molecule has 0 amide bonds. The fourth-order valence-electron chi connectivity index (χ4n) is 2.24. The monoisotopic (exact) mass is 358 g/mol. The van der Waals surface area contributed by atoms with Gasteiger partial charge in [-0.05, 0) is 36.2 Å². The van der Waals surface area contributed by atoms with E-state index >= 15 is 0 Å². The van der Waals surface area contributed by atoms with Crippen LogP contribution in [0, 0.1) is 13.8 Å². The average Bonchev–Trinajstić information content (AvgIpc) is 2.70. The number of carbonyl (C=O) groups excluding carboxylic acids is 1. The number of hydrogen-bond acceptors (Lipinski definition) is 3. The van der Waals surface area contributed by atoms with Crippen LogP contribution in [0.25, 0.3) is 0 Å². The number of carbonyl (C=O) groups is 1. The van der Waals surface area contributed by atoms with Crippen LogP contribution in [-0.4, -0.2) is 22.3 Å². The van der Waals surface area contributed by atoms with Gasteiger partial charge in [0.25, 0.3) is 0 Å². The molecule has 21 heavy (non-hydrogen) atoms. The van der Waals surface area contributed by atoms with Crippen LogP contribution in [0.3, 0.4) is 0 Å². The highest BCUT2D eigenvalue weighted by atomic mass is 79.9. The number of hydrogen-bond donors (Lipinski definition) is 0. The fourth-order valence-corrected chi connectivity index (χ4v) is 2.92. The van der Waals surface area contributed by atoms with Crippen LogP contribution in [0.4, 0.5) is 4.79 Å². The van der Waals surface area contributed by atoms with Gasteiger partial charge in [-0.25, -0.2) is 14.3 Å². The van der Waals surface area contributed by atoms with Gasteiger partial charge in [0.15, 0.2) is 4.73 Å². The van der Waals surface area contributed by atoms with Gasteiger partial charge in [0.1, 0.15) is 0 Å². The Bertz CT molecular complexity index is 444. The molecular weight excluding hydrogens is 332 g/mol. The van der Waals surface area contributed by atoms with Crippen LogP contribution in [0.15, 0.2) is 4.73 Å². The Balaban J connectivity index is 2.14. The van der Waals surface area contributed by atoms with Crippen molar-refractivity contribution in [3.8, 4) is 0 Å². The molecule has 0 aromatic carbocycles. The van der Waals surface area contributed by atoms with Gasteiger partial charge in [0.2, 0.25) is 0 Å². The zero-order valence-electron chi connectivity index (χ0n) is 13.5. The van der Waals surface area contributed by atoms with Crippen molar-refractivity contribution < 1.29 is 9.53 Å². The van der Waals surface area contributed by atoms with Gasteiger partial charge in [-0.15, -0.1) is 0 Å². The zero-order valence-corrected chi connectivity index (χ0v) is 15.0. The summed E-state index contributed by atoms with van der Waals surface area (Å²) in [5, 5.41) is 0. The first kappa shape index (κ1) is 18.2. The Morgan fingerprint density at radius 3 is 2.19 bits per heavy atom. The van der Waals surface area contributed by atoms with E-state index in [4.69, 9.17) is 4.74 Å². The first-order chi connectivity index (χ1) is 10.1. The normalized spacial score (nSPS) is 10.9. The summed E-state index contributed by atoms with van der Waals surface area (Å²) in [7, 11) is 0. The molecule has 0 saturated carbocycles. The third kappa shape index (κ3) is 6.20. The maximum absolute atomic E-state index is 12.0. The molecule has 0 aliphatic heterocycles. The second-order valence-electron chi connectivity index (χ2n) is 5.48. The SMILES string of the molecule is CCCCCCCCCCOC(=O)n1c(Br)nc(C)c1C. The molecule has 120 valence electrons. The van der Waals surface area contributed by atoms with Crippen LogP contribution < -0.4 is 0 Å². The zero-order chi connectivity index (χ0) is 15.7. The Labute approximate surface area is 136 Å². The molecular formula is C16H27BrN2O2. The molecule has 0 bridgehead atoms. The molecule has 0 N–H and O–H groups in total. The summed E-state index contributed by atoms with van der Waals surface area (Å²) in [6.07, 6.45) is 9.55. The van der Waals surface area contributed by atoms with E-state index in [0.717, 1.165) is 24.2 Å². The van der Waals surface area contributed by atoms with Crippen molar-refractivity contribution in [2.24, 2.45) is 0 Å². The van der Waals surface area contributed by atoms with Crippen molar-refractivity contribution in [1.82, 2.24) is 9.55 Å². The van der Waals surface area contributed by atoms with E-state index in [9.17, 15) is 4.79 Å². The molecule has 0 aliphatic carbocycles. The molecule has 5 heteroatoms. The van der Waals surface area contributed by atoms with E-state index in [1.807, 2.05) is 13.8 Å². The van der Waals surface area contributed by atoms with Crippen molar-refractivity contribution in [3.63, 3.8) is 0 Å². The molecule has 0 unspecified atom stereocenters. The first-order valence-corrected chi connectivity index (χ1v) is 8.75. The molecule has 0 aliphatic rings. The minimum absolute atomic E-state index is 0.345. The molecule has 0 atom stereocenters. The summed E-state index contributed by atoms with van der Waals surface area (Å²) < 4.78 is 7.29. The predicted octanol–water partition coefficient (Wildman–Crippen LogP) is 5.39. The minimum atomic E-state index is -0.345. The highest BCUT2D eigenvalue weighted by Gasteiger charge is 2.16. The van der Waals surface area contributed by atoms with Gasteiger partial charge in [0.05, 0.1) is 12.3 Å². The molecule has 0 spiro atoms. The topological polar surface area (TPSA) is 44.1 Å². The Morgan fingerprint density at radius 2 is 1.67 bits per heavy atom. The van der Waals surface area contributed by atoms with Crippen molar-refractivity contribution >= 4 is 22.0 Å². The van der Waals surface area contributed by atoms with Crippen LogP contribution in [0.5, 0.6) is 0 Å². The second kappa shape index (κ2) is 9.98. The number of rotatable bonds is 9. The van der Waals surface area contributed by atoms with Crippen LogP contribution in [-0.2, 0) is 4.74 Å². The number of halogens is 1. The number of imidazole rings is 1. The van der Waals surface area contributed by atoms with E-state index in [0.29, 0.717) is 11.3 Å². The lowest BCUT2D eigenvalue weighted by atomic mass is 10.1. The molecule has 0 fully saturated rings. The lowest BCUT2D eigenvalue weighted by Crippen LogP contribution is -2.16. The van der Waals surface area contributed by atoms with Gasteiger partial charge in [-0.1, -0.05) is 51.9 Å². The van der Waals surface area contributed by atoms with Gasteiger partial charge in [0, 0.05) is 5.69 Å². The molecule has 1 heterocycles. The van der Waals surface area contributed by atoms with E-state index in [1.54, 1.807) is 0 Å². The van der Waals surface area contributed by atoms with Crippen molar-refractivity contribution in [3.05, 3.63) is 16.1 Å². The molecule has 0 saturated heterocycles. The lowest BCUT2D eigenvalue weighted by molar-refractivity contribution is 0.144. The third-order valence-electron chi connectivity index (χ3n) is 3.71. The number of ether oxygens (including phenoxy) is 1. The number of unbranched alkanes of at least 4 members (excludes halogenated alkanes) is 7. The summed E-state index contributed by atoms with van der Waals surface area (Å²) in [5.74, 6) is 0. The molecule has 1 rings (SSSR count). The second-order valence-corrected chi connectivity index (χ2v) is 6.19. The van der Waals surface area contributed by atoms with Crippen molar-refractivity contribution in [2.45, 2.75) is 72.1 Å². The number of aryl methyl sites for hydroxylation is 1. The highest BCUT2D eigenvalue weighted by molar-refractivity contribution is 9.10. The van der Waals surface area contributed by atoms with Gasteiger partial charge >= 0.3 is 6.09 Å². The largest absolute Gasteiger partial charge is 0.449 e. The first-order valence-electron chi connectivity index (χ1n) is 7.96. The van der Waals surface area contributed by atoms with E-state index in [2.05, 4.69) is 27.8 Å². The van der Waals surface area contributed by atoms with Crippen LogP contribution in [0.1, 0.15) is 69.7 Å². The maximum Gasteiger partial charge on any atom is 0.420 e. The Kier molecular flexibility index (Phi) is 8.66. The maximum atomic E-state index is 12.0. The van der Waals surface area contributed by atoms with Crippen LogP contribution in [0.2, 0.25) is 0 Å². The number of aromatic nitrogens is 2. The Morgan fingerprint density at radius 1 is 1.10 bits per heavy atom. The molecule has 1 aromatic heterocycles. The molecule has 0 radical (unpaired) electrons. The molecule has 1 aromatic rings. The lowest BCUT2D eigenvalue weighted by Gasteiger charge is -2.07. The van der Waals surface area contributed by atoms with E-state index < -0.39 is 0 Å². The fraction of sp³-hybridized carbons (Fsp3) is 0.750. The quantitative estimate of drug-likeness (QED) is 0.556. The van der Waals surface area contributed by atoms with Gasteiger partial charge < -0.3 is 4.74 Å². The predicted molar refractivity (Wildman–Crippen MR) is 88.8 cm³/mol. The summed E-state index contributed by atoms with van der Waals surface area (Å²) >= 11 is 3.28. The Hall–Kier alpha value is -0.840. The standard InChI is InChI=1S/C16H27BrN2O2/c1-4-5-6-7-8-9-10-11-12-21-16(20)19-14(3)13(2)18-15(19)17/h4-12H2,1-3H3. The van der Waals surface area contributed by atoms with E-state index in [1.165, 1.54) is 43.1 Å². The summed E-state index contributed by atoms with van der Waals surface area (Å²) in [6.45, 7) is 6.46. The van der Waals surface area contributed by atoms with Gasteiger partial charge in [-0.3, -0.25) is 0 Å². The van der Waals surface area contributed by atoms with Crippen LogP contribution >= 0.6 is 15.9 Å². The summed E-state index contributed by atoms with van der Waals surface area (Å²) in [6, 6.07) is 0. The average molecular weight is 359 g/mol. The van der Waals surface area contributed by atoms with Crippen molar-refractivity contribution in [2.75, 3.05) is 6.61 Å². The summed E-state index contributed by atoms with van der Waals surface area (Å²) in [5.41, 5.74) is 1.66. The van der Waals surface area contributed by atoms with Crippen molar-refractivity contribution in [1.29, 1.82) is 0 Å². The summed E-state index contributed by atoms with van der Waals surface area (Å²) in [4.78, 5) is 16.2. The number of nitrogens with zero attached hydrogens (tertiary/aromatic N) is 2. The van der Waals surface area contributed by atoms with Gasteiger partial charge in [-0.2, -0.15) is 0 Å². The highest BCUT2D eigenvalue weighted by Crippen LogP contribution is 2.16. The minimum Gasteiger partial charge on any atom is -0.449 e. The van der Waals surface area contributed by atoms with E-state index in [-0.39, 0.29) is 6.09 Å². The molecule has 4 nitrogen and oxygen atoms in total. The smallest absolute Gasteiger partial charge is 0.420 e. The third-order valence-corrected chi connectivity index (χ3v) is 4.24.